The van der Waals surface area contributed by atoms with Crippen molar-refractivity contribution in [2.24, 2.45) is 17.6 Å². The molecule has 1 saturated heterocycles. The second-order valence-corrected chi connectivity index (χ2v) is 5.89. The van der Waals surface area contributed by atoms with Crippen molar-refractivity contribution in [3.8, 4) is 0 Å². The van der Waals surface area contributed by atoms with Crippen molar-refractivity contribution in [1.29, 1.82) is 0 Å². The lowest BCUT2D eigenvalue weighted by Gasteiger charge is -2.40. The van der Waals surface area contributed by atoms with Crippen LogP contribution in [0.2, 0.25) is 0 Å². The minimum Gasteiger partial charge on any atom is -0.396 e. The highest BCUT2D eigenvalue weighted by atomic mass is 16.3. The van der Waals surface area contributed by atoms with Gasteiger partial charge in [0.05, 0.1) is 0 Å². The molecule has 1 aliphatic heterocycles. The molecular formula is C14H28N2O. The highest BCUT2D eigenvalue weighted by Crippen LogP contribution is 2.29. The first-order chi connectivity index (χ1) is 8.35. The molecule has 2 rings (SSSR count). The number of hydrogen-bond acceptors (Lipinski definition) is 3. The molecule has 0 aromatic heterocycles. The van der Waals surface area contributed by atoms with E-state index >= 15 is 0 Å². The van der Waals surface area contributed by atoms with Crippen molar-refractivity contribution < 1.29 is 5.11 Å². The molecular weight excluding hydrogens is 212 g/mol. The second-order valence-electron chi connectivity index (χ2n) is 5.89. The predicted molar refractivity (Wildman–Crippen MR) is 70.8 cm³/mol. The number of nitrogens with two attached hydrogens (primary N) is 1. The van der Waals surface area contributed by atoms with Gasteiger partial charge >= 0.3 is 0 Å². The molecule has 3 nitrogen and oxygen atoms in total. The van der Waals surface area contributed by atoms with Crippen LogP contribution < -0.4 is 5.73 Å². The molecule has 3 unspecified atom stereocenters. The number of hydrogen-bond donors (Lipinski definition) is 2. The standard InChI is InChI=1S/C14H28N2O/c15-9-13-6-2-1-3-7-14(13)16-8-4-5-12(10-16)11-17/h12-14,17H,1-11,15H2. The summed E-state index contributed by atoms with van der Waals surface area (Å²) in [4.78, 5) is 2.63. The van der Waals surface area contributed by atoms with Gasteiger partial charge < -0.3 is 10.8 Å². The summed E-state index contributed by atoms with van der Waals surface area (Å²) in [7, 11) is 0. The number of likely N-dealkylation sites (tertiary alicyclic amines) is 1. The third-order valence-corrected chi connectivity index (χ3v) is 4.70. The van der Waals surface area contributed by atoms with Gasteiger partial charge in [0.25, 0.3) is 0 Å². The number of aliphatic hydroxyl groups is 1. The third-order valence-electron chi connectivity index (χ3n) is 4.70. The fourth-order valence-corrected chi connectivity index (χ4v) is 3.67. The van der Waals surface area contributed by atoms with E-state index in [2.05, 4.69) is 4.90 Å². The summed E-state index contributed by atoms with van der Waals surface area (Å²) < 4.78 is 0. The van der Waals surface area contributed by atoms with Gasteiger partial charge in [-0.15, -0.1) is 0 Å². The summed E-state index contributed by atoms with van der Waals surface area (Å²) in [6.07, 6.45) is 9.18. The van der Waals surface area contributed by atoms with E-state index in [0.717, 1.165) is 13.1 Å². The molecule has 3 atom stereocenters. The van der Waals surface area contributed by atoms with E-state index in [9.17, 15) is 5.11 Å². The zero-order valence-electron chi connectivity index (χ0n) is 11.0. The van der Waals surface area contributed by atoms with Crippen molar-refractivity contribution >= 4 is 0 Å². The normalized spacial score (nSPS) is 36.7. The third kappa shape index (κ3) is 3.43. The van der Waals surface area contributed by atoms with E-state index in [1.54, 1.807) is 0 Å². The maximum atomic E-state index is 9.33. The Morgan fingerprint density at radius 2 is 1.88 bits per heavy atom. The lowest BCUT2D eigenvalue weighted by Crippen LogP contribution is -2.48. The number of aliphatic hydroxyl groups excluding tert-OH is 1. The van der Waals surface area contributed by atoms with Crippen molar-refractivity contribution in [1.82, 2.24) is 4.90 Å². The van der Waals surface area contributed by atoms with Crippen LogP contribution >= 0.6 is 0 Å². The van der Waals surface area contributed by atoms with Crippen molar-refractivity contribution in [3.63, 3.8) is 0 Å². The Kier molecular flexibility index (Phi) is 5.26. The SMILES string of the molecule is NCC1CCCCCC1N1CCCC(CO)C1. The number of rotatable bonds is 3. The van der Waals surface area contributed by atoms with Gasteiger partial charge in [0, 0.05) is 19.2 Å². The molecule has 3 heteroatoms. The minimum atomic E-state index is 0.358. The summed E-state index contributed by atoms with van der Waals surface area (Å²) >= 11 is 0. The summed E-state index contributed by atoms with van der Waals surface area (Å²) in [5.41, 5.74) is 5.96. The highest BCUT2D eigenvalue weighted by molar-refractivity contribution is 4.86. The topological polar surface area (TPSA) is 49.5 Å². The molecule has 0 aromatic rings. The van der Waals surface area contributed by atoms with Crippen LogP contribution in [0.15, 0.2) is 0 Å². The number of nitrogens with zero attached hydrogens (tertiary/aromatic N) is 1. The Hall–Kier alpha value is -0.120. The van der Waals surface area contributed by atoms with Crippen molar-refractivity contribution in [2.75, 3.05) is 26.2 Å². The van der Waals surface area contributed by atoms with Crippen LogP contribution in [-0.4, -0.2) is 42.3 Å². The maximum Gasteiger partial charge on any atom is 0.0471 e. The van der Waals surface area contributed by atoms with Gasteiger partial charge in [0.15, 0.2) is 0 Å². The van der Waals surface area contributed by atoms with E-state index < -0.39 is 0 Å². The molecule has 3 N–H and O–H groups in total. The van der Waals surface area contributed by atoms with Crippen LogP contribution in [0.25, 0.3) is 0 Å². The fourth-order valence-electron chi connectivity index (χ4n) is 3.67. The summed E-state index contributed by atoms with van der Waals surface area (Å²) in [6, 6.07) is 0.692. The van der Waals surface area contributed by atoms with Gasteiger partial charge in [-0.2, -0.15) is 0 Å². The minimum absolute atomic E-state index is 0.358. The second kappa shape index (κ2) is 6.72. The van der Waals surface area contributed by atoms with Gasteiger partial charge in [-0.25, -0.2) is 0 Å². The molecule has 1 aliphatic carbocycles. The molecule has 1 heterocycles. The van der Waals surface area contributed by atoms with Gasteiger partial charge in [-0.05, 0) is 50.6 Å². The van der Waals surface area contributed by atoms with Crippen LogP contribution in [0.1, 0.15) is 44.9 Å². The van der Waals surface area contributed by atoms with E-state index in [1.165, 1.54) is 51.5 Å². The van der Waals surface area contributed by atoms with E-state index in [1.807, 2.05) is 0 Å². The van der Waals surface area contributed by atoms with Gasteiger partial charge in [-0.3, -0.25) is 4.90 Å². The van der Waals surface area contributed by atoms with Crippen LogP contribution in [-0.2, 0) is 0 Å². The molecule has 100 valence electrons. The Bertz CT molecular complexity index is 222. The zero-order valence-corrected chi connectivity index (χ0v) is 11.0. The first kappa shape index (κ1) is 13.3. The highest BCUT2D eigenvalue weighted by Gasteiger charge is 2.31. The Morgan fingerprint density at radius 1 is 1.06 bits per heavy atom. The van der Waals surface area contributed by atoms with E-state index in [0.29, 0.717) is 24.5 Å². The zero-order chi connectivity index (χ0) is 12.1. The quantitative estimate of drug-likeness (QED) is 0.737. The van der Waals surface area contributed by atoms with Gasteiger partial charge in [0.2, 0.25) is 0 Å². The fraction of sp³-hybridized carbons (Fsp3) is 1.00. The van der Waals surface area contributed by atoms with Gasteiger partial charge in [-0.1, -0.05) is 19.3 Å². The maximum absolute atomic E-state index is 9.33. The monoisotopic (exact) mass is 240 g/mol. The molecule has 1 saturated carbocycles. The Balaban J connectivity index is 1.96. The molecule has 2 aliphatic rings. The molecule has 0 amide bonds. The Morgan fingerprint density at radius 3 is 2.65 bits per heavy atom. The predicted octanol–water partition coefficient (Wildman–Crippen LogP) is 1.60. The van der Waals surface area contributed by atoms with E-state index in [4.69, 9.17) is 5.73 Å². The summed E-state index contributed by atoms with van der Waals surface area (Å²) in [6.45, 7) is 3.51. The van der Waals surface area contributed by atoms with Crippen LogP contribution in [0.5, 0.6) is 0 Å². The Labute approximate surface area is 105 Å². The molecule has 0 aromatic carbocycles. The van der Waals surface area contributed by atoms with Crippen molar-refractivity contribution in [2.45, 2.75) is 51.0 Å². The summed E-state index contributed by atoms with van der Waals surface area (Å²) in [5, 5.41) is 9.33. The number of piperidine rings is 1. The smallest absolute Gasteiger partial charge is 0.0471 e. The van der Waals surface area contributed by atoms with Crippen molar-refractivity contribution in [3.05, 3.63) is 0 Å². The average Bonchev–Trinajstić information content (AvgIpc) is 2.63. The summed E-state index contributed by atoms with van der Waals surface area (Å²) in [5.74, 6) is 1.19. The lowest BCUT2D eigenvalue weighted by atomic mass is 9.89. The molecule has 0 spiro atoms. The molecule has 0 bridgehead atoms. The van der Waals surface area contributed by atoms with Crippen LogP contribution in [0.4, 0.5) is 0 Å². The molecule has 2 fully saturated rings. The average molecular weight is 240 g/mol. The van der Waals surface area contributed by atoms with Gasteiger partial charge in [0.1, 0.15) is 0 Å². The lowest BCUT2D eigenvalue weighted by molar-refractivity contribution is 0.0610. The molecule has 17 heavy (non-hydrogen) atoms. The van der Waals surface area contributed by atoms with Crippen LogP contribution in [0, 0.1) is 11.8 Å². The first-order valence-electron chi connectivity index (χ1n) is 7.40. The largest absolute Gasteiger partial charge is 0.396 e. The molecule has 0 radical (unpaired) electrons. The first-order valence-corrected chi connectivity index (χ1v) is 7.40. The van der Waals surface area contributed by atoms with Crippen LogP contribution in [0.3, 0.4) is 0 Å². The van der Waals surface area contributed by atoms with E-state index in [-0.39, 0.29) is 0 Å².